The largest absolute Gasteiger partial charge is 0.453 e. The number of fused-ring (bicyclic) bond motifs is 1. The van der Waals surface area contributed by atoms with Crippen LogP contribution in [0.25, 0.3) is 22.5 Å². The summed E-state index contributed by atoms with van der Waals surface area (Å²) in [5.41, 5.74) is 1.43. The third-order valence-electron chi connectivity index (χ3n) is 7.18. The SMILES string of the molecule is O=C(NCc1cc(-c2cc3ccccc3o2)on1)C12CC3CC(CC(C3)C1)C2. The lowest BCUT2D eigenvalue weighted by atomic mass is 9.49. The van der Waals surface area contributed by atoms with Crippen LogP contribution in [0.15, 0.2) is 45.3 Å². The lowest BCUT2D eigenvalue weighted by Gasteiger charge is -2.55. The molecule has 4 aliphatic carbocycles. The number of amides is 1. The second-order valence-electron chi connectivity index (χ2n) is 9.21. The van der Waals surface area contributed by atoms with Crippen LogP contribution in [0.1, 0.15) is 44.2 Å². The van der Waals surface area contributed by atoms with Gasteiger partial charge in [0, 0.05) is 16.9 Å². The summed E-state index contributed by atoms with van der Waals surface area (Å²) < 4.78 is 11.3. The Balaban J connectivity index is 1.16. The van der Waals surface area contributed by atoms with Crippen LogP contribution in [0, 0.1) is 23.2 Å². The third-order valence-corrected chi connectivity index (χ3v) is 7.18. The molecule has 144 valence electrons. The molecule has 0 saturated heterocycles. The van der Waals surface area contributed by atoms with E-state index in [4.69, 9.17) is 8.94 Å². The molecule has 5 heteroatoms. The molecule has 28 heavy (non-hydrogen) atoms. The van der Waals surface area contributed by atoms with Gasteiger partial charge < -0.3 is 14.3 Å². The lowest BCUT2D eigenvalue weighted by molar-refractivity contribution is -0.146. The highest BCUT2D eigenvalue weighted by Crippen LogP contribution is 2.60. The standard InChI is InChI=1S/C23H24N2O3/c26-22(23-10-14-5-15(11-23)7-16(6-14)12-23)24-13-18-9-21(28-25-18)20-8-17-3-1-2-4-19(17)27-20/h1-4,8-9,14-16H,5-7,10-13H2,(H,24,26). The minimum atomic E-state index is -0.125. The van der Waals surface area contributed by atoms with E-state index in [-0.39, 0.29) is 11.3 Å². The summed E-state index contributed by atoms with van der Waals surface area (Å²) >= 11 is 0. The monoisotopic (exact) mass is 376 g/mol. The Kier molecular flexibility index (Phi) is 3.49. The molecule has 0 aliphatic heterocycles. The van der Waals surface area contributed by atoms with E-state index in [0.29, 0.717) is 18.1 Å². The zero-order valence-corrected chi connectivity index (χ0v) is 15.8. The van der Waals surface area contributed by atoms with Gasteiger partial charge in [0.2, 0.25) is 11.7 Å². The van der Waals surface area contributed by atoms with Gasteiger partial charge in [-0.25, -0.2) is 0 Å². The summed E-state index contributed by atoms with van der Waals surface area (Å²) in [6, 6.07) is 11.7. The predicted molar refractivity (Wildman–Crippen MR) is 104 cm³/mol. The summed E-state index contributed by atoms with van der Waals surface area (Å²) in [7, 11) is 0. The number of benzene rings is 1. The van der Waals surface area contributed by atoms with Crippen LogP contribution in [0.3, 0.4) is 0 Å². The van der Waals surface area contributed by atoms with Crippen molar-refractivity contribution in [1.82, 2.24) is 10.5 Å². The summed E-state index contributed by atoms with van der Waals surface area (Å²) in [6.07, 6.45) is 7.26. The smallest absolute Gasteiger partial charge is 0.226 e. The number of carbonyl (C=O) groups excluding carboxylic acids is 1. The lowest BCUT2D eigenvalue weighted by Crippen LogP contribution is -2.53. The molecule has 1 aromatic carbocycles. The minimum Gasteiger partial charge on any atom is -0.453 e. The molecule has 4 fully saturated rings. The van der Waals surface area contributed by atoms with E-state index >= 15 is 0 Å². The van der Waals surface area contributed by atoms with Gasteiger partial charge in [-0.2, -0.15) is 0 Å². The highest BCUT2D eigenvalue weighted by molar-refractivity contribution is 5.83. The van der Waals surface area contributed by atoms with E-state index in [1.807, 2.05) is 36.4 Å². The Bertz CT molecular complexity index is 979. The molecule has 7 rings (SSSR count). The maximum atomic E-state index is 13.1. The number of hydrogen-bond donors (Lipinski definition) is 1. The zero-order chi connectivity index (χ0) is 18.7. The van der Waals surface area contributed by atoms with Gasteiger partial charge in [-0.3, -0.25) is 4.79 Å². The van der Waals surface area contributed by atoms with Gasteiger partial charge in [0.15, 0.2) is 5.76 Å². The van der Waals surface area contributed by atoms with Crippen molar-refractivity contribution in [2.24, 2.45) is 23.2 Å². The van der Waals surface area contributed by atoms with Gasteiger partial charge in [0.25, 0.3) is 0 Å². The first-order chi connectivity index (χ1) is 13.7. The average molecular weight is 376 g/mol. The van der Waals surface area contributed by atoms with Crippen molar-refractivity contribution in [1.29, 1.82) is 0 Å². The van der Waals surface area contributed by atoms with Gasteiger partial charge in [0.1, 0.15) is 11.3 Å². The Labute approximate surface area is 163 Å². The molecule has 4 saturated carbocycles. The van der Waals surface area contributed by atoms with Crippen molar-refractivity contribution in [3.8, 4) is 11.5 Å². The molecule has 1 amide bonds. The molecule has 0 radical (unpaired) electrons. The fourth-order valence-corrected chi connectivity index (χ4v) is 6.36. The van der Waals surface area contributed by atoms with E-state index in [1.165, 1.54) is 19.3 Å². The molecule has 0 atom stereocenters. The summed E-state index contributed by atoms with van der Waals surface area (Å²) in [6.45, 7) is 0.407. The van der Waals surface area contributed by atoms with E-state index in [2.05, 4.69) is 10.5 Å². The number of nitrogens with one attached hydrogen (secondary N) is 1. The second kappa shape index (κ2) is 5.97. The number of aromatic nitrogens is 1. The fraction of sp³-hybridized carbons (Fsp3) is 0.478. The van der Waals surface area contributed by atoms with Gasteiger partial charge in [-0.1, -0.05) is 23.4 Å². The number of furan rings is 1. The highest BCUT2D eigenvalue weighted by Gasteiger charge is 2.54. The van der Waals surface area contributed by atoms with Crippen LogP contribution < -0.4 is 5.32 Å². The summed E-state index contributed by atoms with van der Waals surface area (Å²) in [5.74, 6) is 3.78. The maximum Gasteiger partial charge on any atom is 0.226 e. The Morgan fingerprint density at radius 3 is 2.46 bits per heavy atom. The number of para-hydroxylation sites is 1. The van der Waals surface area contributed by atoms with Crippen LogP contribution >= 0.6 is 0 Å². The van der Waals surface area contributed by atoms with Crippen LogP contribution in [-0.4, -0.2) is 11.1 Å². The zero-order valence-electron chi connectivity index (χ0n) is 15.8. The Morgan fingerprint density at radius 1 is 1.04 bits per heavy atom. The first-order valence-electron chi connectivity index (χ1n) is 10.4. The molecular formula is C23H24N2O3. The highest BCUT2D eigenvalue weighted by atomic mass is 16.5. The van der Waals surface area contributed by atoms with Crippen molar-refractivity contribution in [2.75, 3.05) is 0 Å². The minimum absolute atomic E-state index is 0.125. The van der Waals surface area contributed by atoms with Crippen molar-refractivity contribution in [2.45, 2.75) is 45.1 Å². The molecule has 2 aromatic heterocycles. The molecular weight excluding hydrogens is 352 g/mol. The Hall–Kier alpha value is -2.56. The molecule has 0 unspecified atom stereocenters. The molecule has 0 spiro atoms. The van der Waals surface area contributed by atoms with Gasteiger partial charge >= 0.3 is 0 Å². The normalized spacial score (nSPS) is 30.8. The molecule has 3 aromatic rings. The van der Waals surface area contributed by atoms with E-state index < -0.39 is 0 Å². The van der Waals surface area contributed by atoms with E-state index in [0.717, 1.165) is 53.7 Å². The van der Waals surface area contributed by atoms with Gasteiger partial charge in [0.05, 0.1) is 6.54 Å². The molecule has 4 aliphatic rings. The number of carbonyl (C=O) groups is 1. The second-order valence-corrected chi connectivity index (χ2v) is 9.21. The van der Waals surface area contributed by atoms with Crippen molar-refractivity contribution < 1.29 is 13.7 Å². The van der Waals surface area contributed by atoms with Gasteiger partial charge in [-0.15, -0.1) is 0 Å². The van der Waals surface area contributed by atoms with Crippen LogP contribution in [0.4, 0.5) is 0 Å². The predicted octanol–water partition coefficient (Wildman–Crippen LogP) is 4.92. The topological polar surface area (TPSA) is 68.3 Å². The first-order valence-corrected chi connectivity index (χ1v) is 10.4. The van der Waals surface area contributed by atoms with Gasteiger partial charge in [-0.05, 0) is 68.4 Å². The first kappa shape index (κ1) is 16.4. The maximum absolute atomic E-state index is 13.1. The van der Waals surface area contributed by atoms with E-state index in [1.54, 1.807) is 0 Å². The number of hydrogen-bond acceptors (Lipinski definition) is 4. The Morgan fingerprint density at radius 2 is 1.75 bits per heavy atom. The van der Waals surface area contributed by atoms with Crippen LogP contribution in [0.2, 0.25) is 0 Å². The quantitative estimate of drug-likeness (QED) is 0.702. The molecule has 4 bridgehead atoms. The average Bonchev–Trinajstić information content (AvgIpc) is 3.31. The molecule has 2 heterocycles. The summed E-state index contributed by atoms with van der Waals surface area (Å²) in [4.78, 5) is 13.1. The van der Waals surface area contributed by atoms with Crippen LogP contribution in [0.5, 0.6) is 0 Å². The van der Waals surface area contributed by atoms with Crippen molar-refractivity contribution in [3.05, 3.63) is 42.1 Å². The van der Waals surface area contributed by atoms with Crippen molar-refractivity contribution >= 4 is 16.9 Å². The third kappa shape index (κ3) is 2.60. The number of nitrogens with zero attached hydrogens (tertiary/aromatic N) is 1. The van der Waals surface area contributed by atoms with E-state index in [9.17, 15) is 4.79 Å². The summed E-state index contributed by atoms with van der Waals surface area (Å²) in [5, 5.41) is 8.32. The van der Waals surface area contributed by atoms with Crippen LogP contribution in [-0.2, 0) is 11.3 Å². The van der Waals surface area contributed by atoms with Crippen molar-refractivity contribution in [3.63, 3.8) is 0 Å². The molecule has 5 nitrogen and oxygen atoms in total. The fourth-order valence-electron chi connectivity index (χ4n) is 6.36. The number of rotatable bonds is 4. The molecule has 1 N–H and O–H groups in total.